The van der Waals surface area contributed by atoms with Gasteiger partial charge in [-0.15, -0.1) is 24.4 Å². The van der Waals surface area contributed by atoms with E-state index in [1.54, 1.807) is 24.0 Å². The summed E-state index contributed by atoms with van der Waals surface area (Å²) in [5, 5.41) is 10.2. The molecule has 2 unspecified atom stereocenters. The van der Waals surface area contributed by atoms with Crippen LogP contribution in [0.1, 0.15) is 47.0 Å². The molecule has 0 aromatic heterocycles. The Bertz CT molecular complexity index is 930. The molecular weight excluding hydrogens is 588 g/mol. The van der Waals surface area contributed by atoms with Gasteiger partial charge in [0.2, 0.25) is 0 Å². The van der Waals surface area contributed by atoms with Crippen molar-refractivity contribution in [1.29, 1.82) is 0 Å². The smallest absolute Gasteiger partial charge is 0.319 e. The van der Waals surface area contributed by atoms with E-state index >= 15 is 0 Å². The van der Waals surface area contributed by atoms with Gasteiger partial charge < -0.3 is 20.9 Å². The van der Waals surface area contributed by atoms with Crippen molar-refractivity contribution in [3.8, 4) is 12.8 Å². The molecule has 0 aliphatic rings. The molecule has 4 N–H and O–H groups in total. The van der Waals surface area contributed by atoms with Gasteiger partial charge in [0.1, 0.15) is 17.7 Å². The second kappa shape index (κ2) is 27.6. The van der Waals surface area contributed by atoms with Crippen LogP contribution in [0.25, 0.3) is 0 Å². The van der Waals surface area contributed by atoms with Gasteiger partial charge in [0, 0.05) is 54.2 Å². The standard InChI is InChI=1S/C23H37ClFN5O3S.C4H7Cl.C2H2/c1-18(2)15-21(29-22(31)28-20-9-5-4-6-10-20)16-30(23(32)26-13-11-25)14-8-7-12-27-34(33)17-19(3)24;1-2-3-4-5;1-2/h4-6,9-10,17-18,21,27H,7-8,11-16H2,1-3H3,(H,26,32)(H2,28,29,31);2-3H,4H2,1H3;1-2H/b19-17-;3-2-;. The summed E-state index contributed by atoms with van der Waals surface area (Å²) in [6.45, 7) is 8.13. The molecule has 1 aromatic rings. The number of unbranched alkanes of at least 4 members (excludes halogenated alkanes) is 1. The molecule has 0 spiro atoms. The van der Waals surface area contributed by atoms with E-state index < -0.39 is 17.7 Å². The second-order valence-corrected chi connectivity index (χ2v) is 11.0. The van der Waals surface area contributed by atoms with Crippen LogP contribution in [-0.2, 0) is 11.0 Å². The molecule has 8 nitrogen and oxygen atoms in total. The first kappa shape index (κ1) is 40.6. The Kier molecular flexibility index (Phi) is 27.3. The maximum absolute atomic E-state index is 12.6. The number of halogens is 3. The Labute approximate surface area is 258 Å². The minimum atomic E-state index is -1.35. The summed E-state index contributed by atoms with van der Waals surface area (Å²) in [7, 11) is -1.35. The molecule has 41 heavy (non-hydrogen) atoms. The first-order valence-corrected chi connectivity index (χ1v) is 15.4. The number of nitrogens with one attached hydrogen (secondary N) is 4. The number of urea groups is 2. The largest absolute Gasteiger partial charge is 0.335 e. The molecule has 12 heteroatoms. The molecule has 0 bridgehead atoms. The molecule has 2 atom stereocenters. The van der Waals surface area contributed by atoms with Crippen molar-refractivity contribution >= 4 is 51.9 Å². The Morgan fingerprint density at radius 1 is 1.15 bits per heavy atom. The van der Waals surface area contributed by atoms with Crippen molar-refractivity contribution < 1.29 is 18.2 Å². The molecule has 0 radical (unpaired) electrons. The van der Waals surface area contributed by atoms with Gasteiger partial charge in [-0.1, -0.05) is 55.8 Å². The summed E-state index contributed by atoms with van der Waals surface area (Å²) in [5.41, 5.74) is 0.671. The lowest BCUT2D eigenvalue weighted by molar-refractivity contribution is 0.185. The summed E-state index contributed by atoms with van der Waals surface area (Å²) >= 11 is 10.9. The monoisotopic (exact) mass is 633 g/mol. The maximum atomic E-state index is 12.6. The molecular formula is C29H46Cl2FN5O3S. The SMILES string of the molecule is C#C.C/C(Cl)=C/S(=O)NCCCCN(CC(CC(C)C)NC(=O)Nc1ccccc1)C(=O)NCCF.C/C=C\CCl. The number of hydrogen-bond acceptors (Lipinski definition) is 3. The van der Waals surface area contributed by atoms with E-state index in [1.807, 2.05) is 51.1 Å². The molecule has 0 saturated heterocycles. The number of alkyl halides is 2. The third-order valence-corrected chi connectivity index (χ3v) is 6.39. The van der Waals surface area contributed by atoms with Crippen LogP contribution in [0.2, 0.25) is 0 Å². The summed E-state index contributed by atoms with van der Waals surface area (Å²) in [6, 6.07) is 8.08. The lowest BCUT2D eigenvalue weighted by atomic mass is 10.0. The zero-order valence-corrected chi connectivity index (χ0v) is 26.8. The third kappa shape index (κ3) is 24.9. The number of terminal acetylenes is 1. The predicted molar refractivity (Wildman–Crippen MR) is 173 cm³/mol. The van der Waals surface area contributed by atoms with Crippen LogP contribution in [0.3, 0.4) is 0 Å². The number of rotatable bonds is 16. The average molecular weight is 635 g/mol. The first-order valence-electron chi connectivity index (χ1n) is 13.3. The van der Waals surface area contributed by atoms with Crippen LogP contribution in [-0.4, -0.2) is 65.9 Å². The predicted octanol–water partition coefficient (Wildman–Crippen LogP) is 6.39. The van der Waals surface area contributed by atoms with E-state index in [-0.39, 0.29) is 37.1 Å². The van der Waals surface area contributed by atoms with E-state index in [9.17, 15) is 18.2 Å². The fourth-order valence-corrected chi connectivity index (χ4v) is 4.45. The first-order chi connectivity index (χ1) is 19.6. The van der Waals surface area contributed by atoms with Crippen molar-refractivity contribution in [2.24, 2.45) is 5.92 Å². The van der Waals surface area contributed by atoms with Gasteiger partial charge in [-0.3, -0.25) is 0 Å². The van der Waals surface area contributed by atoms with Crippen molar-refractivity contribution in [2.45, 2.75) is 53.0 Å². The highest BCUT2D eigenvalue weighted by Gasteiger charge is 2.21. The van der Waals surface area contributed by atoms with Crippen LogP contribution in [0.4, 0.5) is 19.7 Å². The zero-order valence-electron chi connectivity index (χ0n) is 24.5. The highest BCUT2D eigenvalue weighted by Crippen LogP contribution is 2.10. The van der Waals surface area contributed by atoms with Crippen LogP contribution in [0.5, 0.6) is 0 Å². The molecule has 1 rings (SSSR count). The molecule has 232 valence electrons. The van der Waals surface area contributed by atoms with Crippen LogP contribution < -0.4 is 20.7 Å². The molecule has 4 amide bonds. The molecule has 1 aromatic carbocycles. The Morgan fingerprint density at radius 3 is 2.32 bits per heavy atom. The summed E-state index contributed by atoms with van der Waals surface area (Å²) < 4.78 is 27.2. The van der Waals surface area contributed by atoms with Gasteiger partial charge in [-0.25, -0.2) is 22.9 Å². The number of amides is 4. The van der Waals surface area contributed by atoms with Gasteiger partial charge >= 0.3 is 12.1 Å². The zero-order chi connectivity index (χ0) is 31.5. The minimum Gasteiger partial charge on any atom is -0.335 e. The van der Waals surface area contributed by atoms with Gasteiger partial charge in [0.25, 0.3) is 0 Å². The topological polar surface area (TPSA) is 103 Å². The Balaban J connectivity index is 0. The van der Waals surface area contributed by atoms with E-state index in [0.717, 1.165) is 0 Å². The average Bonchev–Trinajstić information content (AvgIpc) is 2.92. The van der Waals surface area contributed by atoms with Crippen LogP contribution in [0, 0.1) is 18.8 Å². The molecule has 0 saturated carbocycles. The Hall–Kier alpha value is -2.58. The van der Waals surface area contributed by atoms with Gasteiger partial charge in [-0.05, 0) is 51.2 Å². The quantitative estimate of drug-likeness (QED) is 0.0734. The minimum absolute atomic E-state index is 0.0727. The fourth-order valence-electron chi connectivity index (χ4n) is 3.31. The summed E-state index contributed by atoms with van der Waals surface area (Å²) in [4.78, 5) is 26.7. The van der Waals surface area contributed by atoms with E-state index in [2.05, 4.69) is 33.5 Å². The number of anilines is 1. The number of para-hydroxylation sites is 1. The van der Waals surface area contributed by atoms with E-state index in [4.69, 9.17) is 23.2 Å². The molecule has 0 heterocycles. The number of allylic oxidation sites excluding steroid dienone is 3. The number of hydrogen-bond donors (Lipinski definition) is 4. The van der Waals surface area contributed by atoms with Crippen molar-refractivity contribution in [2.75, 3.05) is 44.1 Å². The second-order valence-electron chi connectivity index (χ2n) is 8.98. The van der Waals surface area contributed by atoms with Gasteiger partial charge in [0.05, 0.1) is 0 Å². The number of carbonyl (C=O) groups excluding carboxylic acids is 2. The highest BCUT2D eigenvalue weighted by atomic mass is 35.5. The Morgan fingerprint density at radius 2 is 1.80 bits per heavy atom. The highest BCUT2D eigenvalue weighted by molar-refractivity contribution is 7.86. The maximum Gasteiger partial charge on any atom is 0.319 e. The third-order valence-electron chi connectivity index (χ3n) is 4.91. The lowest BCUT2D eigenvalue weighted by Crippen LogP contribution is -2.50. The van der Waals surface area contributed by atoms with Gasteiger partial charge in [-0.2, -0.15) is 0 Å². The van der Waals surface area contributed by atoms with E-state index in [1.165, 1.54) is 5.41 Å². The molecule has 0 aliphatic carbocycles. The molecule has 0 aliphatic heterocycles. The normalized spacial score (nSPS) is 12.3. The molecule has 0 fully saturated rings. The van der Waals surface area contributed by atoms with Crippen LogP contribution >= 0.6 is 23.2 Å². The van der Waals surface area contributed by atoms with Gasteiger partial charge in [0.15, 0.2) is 0 Å². The number of carbonyl (C=O) groups is 2. The van der Waals surface area contributed by atoms with Crippen molar-refractivity contribution in [3.05, 3.63) is 52.9 Å². The van der Waals surface area contributed by atoms with Crippen molar-refractivity contribution in [1.82, 2.24) is 20.3 Å². The van der Waals surface area contributed by atoms with Crippen molar-refractivity contribution in [3.63, 3.8) is 0 Å². The summed E-state index contributed by atoms with van der Waals surface area (Å²) in [6.07, 6.45) is 13.8. The van der Waals surface area contributed by atoms with Crippen LogP contribution in [0.15, 0.2) is 52.9 Å². The summed E-state index contributed by atoms with van der Waals surface area (Å²) in [5.74, 6) is 0.923. The lowest BCUT2D eigenvalue weighted by Gasteiger charge is -2.29. The number of benzene rings is 1. The van der Waals surface area contributed by atoms with E-state index in [0.29, 0.717) is 49.0 Å². The number of nitrogens with zero attached hydrogens (tertiary/aromatic N) is 1. The fraction of sp³-hybridized carbons (Fsp3) is 0.517.